The van der Waals surface area contributed by atoms with Crippen molar-refractivity contribution in [1.29, 1.82) is 0 Å². The Kier molecular flexibility index (Phi) is 4.24. The Balaban J connectivity index is 2.91. The summed E-state index contributed by atoms with van der Waals surface area (Å²) < 4.78 is 13.4. The minimum absolute atomic E-state index is 0.204. The molecule has 1 saturated carbocycles. The highest BCUT2D eigenvalue weighted by atomic mass is 16.5. The second-order valence-corrected chi connectivity index (χ2v) is 3.57. The lowest BCUT2D eigenvalue weighted by Crippen LogP contribution is -2.34. The van der Waals surface area contributed by atoms with Crippen LogP contribution in [0.2, 0.25) is 0 Å². The summed E-state index contributed by atoms with van der Waals surface area (Å²) in [4.78, 5) is 45.6. The molecule has 1 rings (SSSR count). The quantitative estimate of drug-likeness (QED) is 0.369. The number of hydrogen-bond acceptors (Lipinski definition) is 7. The average Bonchev–Trinajstić information content (AvgIpc) is 3.12. The average molecular weight is 259 g/mol. The first-order valence-electron chi connectivity index (χ1n) is 5.00. The molecule has 8 nitrogen and oxygen atoms in total. The van der Waals surface area contributed by atoms with E-state index >= 15 is 0 Å². The number of esters is 2. The van der Waals surface area contributed by atoms with E-state index in [-0.39, 0.29) is 6.41 Å². The molecule has 0 unspecified atom stereocenters. The molecule has 0 bridgehead atoms. The molecule has 100 valence electrons. The zero-order chi connectivity index (χ0) is 13.9. The predicted molar refractivity (Wildman–Crippen MR) is 55.1 cm³/mol. The molecule has 1 aliphatic rings. The van der Waals surface area contributed by atoms with Gasteiger partial charge in [-0.15, -0.1) is 0 Å². The molecule has 0 N–H and O–H groups in total. The zero-order valence-corrected chi connectivity index (χ0v) is 10.1. The molecule has 0 aromatic rings. The van der Waals surface area contributed by atoms with Gasteiger partial charge in [-0.3, -0.25) is 14.4 Å². The highest BCUT2D eigenvalue weighted by Crippen LogP contribution is 2.44. The highest BCUT2D eigenvalue weighted by Gasteiger charge is 2.65. The van der Waals surface area contributed by atoms with Crippen LogP contribution < -0.4 is 0 Å². The fraction of sp³-hybridized carbons (Fsp3) is 0.600. The van der Waals surface area contributed by atoms with Crippen LogP contribution in [0.3, 0.4) is 0 Å². The van der Waals surface area contributed by atoms with E-state index in [1.54, 1.807) is 0 Å². The summed E-state index contributed by atoms with van der Waals surface area (Å²) in [6.07, 6.45) is -0.745. The fourth-order valence-electron chi connectivity index (χ4n) is 1.83. The van der Waals surface area contributed by atoms with Crippen LogP contribution in [-0.2, 0) is 28.6 Å². The molecule has 0 heterocycles. The van der Waals surface area contributed by atoms with Gasteiger partial charge < -0.3 is 14.2 Å². The van der Waals surface area contributed by atoms with Crippen molar-refractivity contribution in [3.63, 3.8) is 0 Å². The van der Waals surface area contributed by atoms with Gasteiger partial charge in [0.15, 0.2) is 0 Å². The lowest BCUT2D eigenvalue weighted by atomic mass is 10.3. The smallest absolute Gasteiger partial charge is 0.416 e. The lowest BCUT2D eigenvalue weighted by molar-refractivity contribution is -0.148. The molecule has 1 aliphatic carbocycles. The minimum atomic E-state index is -0.949. The summed E-state index contributed by atoms with van der Waals surface area (Å²) in [6.45, 7) is 0. The molecule has 0 aliphatic heterocycles. The van der Waals surface area contributed by atoms with E-state index in [1.807, 2.05) is 0 Å². The number of carbonyl (C=O) groups excluding carboxylic acids is 4. The number of hydrogen-bond donors (Lipinski definition) is 0. The second kappa shape index (κ2) is 5.48. The molecule has 18 heavy (non-hydrogen) atoms. The van der Waals surface area contributed by atoms with Crippen molar-refractivity contribution in [2.75, 3.05) is 21.3 Å². The standard InChI is InChI=1S/C10H13NO7/c1-16-8(13)5-6(9(14)17-2)7(5)11(4-12)10(15)18-3/h4-7H,1-3H3/t5-,6-/m1/s1. The normalized spacial score (nSPS) is 24.7. The van der Waals surface area contributed by atoms with Crippen LogP contribution in [0.15, 0.2) is 0 Å². The van der Waals surface area contributed by atoms with Gasteiger partial charge in [-0.05, 0) is 0 Å². The third-order valence-corrected chi connectivity index (χ3v) is 2.75. The second-order valence-electron chi connectivity index (χ2n) is 3.57. The molecule has 0 saturated heterocycles. The molecule has 0 aromatic carbocycles. The van der Waals surface area contributed by atoms with E-state index < -0.39 is 35.9 Å². The molecule has 0 aromatic heterocycles. The number of ether oxygens (including phenoxy) is 3. The van der Waals surface area contributed by atoms with Crippen LogP contribution in [-0.4, -0.2) is 56.7 Å². The van der Waals surface area contributed by atoms with Gasteiger partial charge in [0.2, 0.25) is 6.41 Å². The van der Waals surface area contributed by atoms with Gasteiger partial charge in [-0.25, -0.2) is 9.69 Å². The Morgan fingerprint density at radius 3 is 1.67 bits per heavy atom. The van der Waals surface area contributed by atoms with E-state index in [2.05, 4.69) is 14.2 Å². The Morgan fingerprint density at radius 2 is 1.39 bits per heavy atom. The summed E-state index contributed by atoms with van der Waals surface area (Å²) >= 11 is 0. The van der Waals surface area contributed by atoms with Gasteiger partial charge in [0, 0.05) is 0 Å². The monoisotopic (exact) mass is 259 g/mol. The maximum absolute atomic E-state index is 11.4. The number of carbonyl (C=O) groups is 4. The number of imide groups is 1. The Labute approximate surface area is 103 Å². The maximum Gasteiger partial charge on any atom is 0.416 e. The summed E-state index contributed by atoms with van der Waals surface area (Å²) in [6, 6.07) is -0.921. The van der Waals surface area contributed by atoms with Gasteiger partial charge in [-0.1, -0.05) is 0 Å². The van der Waals surface area contributed by atoms with Crippen molar-refractivity contribution < 1.29 is 33.4 Å². The SMILES string of the molecule is COC(=O)[C@H]1C(N(C=O)C(=O)OC)[C@@H]1C(=O)OC. The van der Waals surface area contributed by atoms with Gasteiger partial charge >= 0.3 is 18.0 Å². The fourth-order valence-corrected chi connectivity index (χ4v) is 1.83. The first kappa shape index (κ1) is 13.9. The van der Waals surface area contributed by atoms with Crippen molar-refractivity contribution in [3.05, 3.63) is 0 Å². The summed E-state index contributed by atoms with van der Waals surface area (Å²) in [5.41, 5.74) is 0. The molecular formula is C10H13NO7. The van der Waals surface area contributed by atoms with Gasteiger partial charge in [0.05, 0.1) is 39.2 Å². The predicted octanol–water partition coefficient (Wildman–Crippen LogP) is -0.828. The third-order valence-electron chi connectivity index (χ3n) is 2.75. The maximum atomic E-state index is 11.4. The van der Waals surface area contributed by atoms with Crippen molar-refractivity contribution in [1.82, 2.24) is 4.90 Å². The van der Waals surface area contributed by atoms with E-state index in [0.29, 0.717) is 4.90 Å². The Morgan fingerprint density at radius 1 is 0.944 bits per heavy atom. The van der Waals surface area contributed by atoms with Crippen LogP contribution in [0.25, 0.3) is 0 Å². The van der Waals surface area contributed by atoms with Gasteiger partial charge in [-0.2, -0.15) is 0 Å². The lowest BCUT2D eigenvalue weighted by Gasteiger charge is -2.13. The molecular weight excluding hydrogens is 246 g/mol. The number of amides is 2. The number of methoxy groups -OCH3 is 3. The summed E-state index contributed by atoms with van der Waals surface area (Å²) in [7, 11) is 3.38. The topological polar surface area (TPSA) is 99.2 Å². The summed E-state index contributed by atoms with van der Waals surface area (Å²) in [5.74, 6) is -3.20. The Hall–Kier alpha value is -2.12. The van der Waals surface area contributed by atoms with E-state index in [0.717, 1.165) is 21.3 Å². The molecule has 1 fully saturated rings. The first-order chi connectivity index (χ1) is 8.53. The zero-order valence-electron chi connectivity index (χ0n) is 10.1. The van der Waals surface area contributed by atoms with Crippen molar-refractivity contribution in [2.45, 2.75) is 6.04 Å². The highest BCUT2D eigenvalue weighted by molar-refractivity contribution is 5.93. The molecule has 2 amide bonds. The molecule has 0 radical (unpaired) electrons. The molecule has 0 spiro atoms. The van der Waals surface area contributed by atoms with E-state index in [1.165, 1.54) is 0 Å². The van der Waals surface area contributed by atoms with Crippen LogP contribution in [0.4, 0.5) is 4.79 Å². The van der Waals surface area contributed by atoms with Gasteiger partial charge in [0.25, 0.3) is 0 Å². The van der Waals surface area contributed by atoms with E-state index in [4.69, 9.17) is 0 Å². The van der Waals surface area contributed by atoms with Crippen LogP contribution >= 0.6 is 0 Å². The van der Waals surface area contributed by atoms with Crippen LogP contribution in [0.1, 0.15) is 0 Å². The largest absolute Gasteiger partial charge is 0.469 e. The molecule has 8 heteroatoms. The third kappa shape index (κ3) is 2.27. The first-order valence-corrected chi connectivity index (χ1v) is 5.00. The van der Waals surface area contributed by atoms with E-state index in [9.17, 15) is 19.2 Å². The summed E-state index contributed by atoms with van der Waals surface area (Å²) in [5, 5.41) is 0. The number of rotatable bonds is 4. The molecule has 2 atom stereocenters. The van der Waals surface area contributed by atoms with Crippen molar-refractivity contribution >= 4 is 24.4 Å². The Bertz CT molecular complexity index is 358. The van der Waals surface area contributed by atoms with Crippen molar-refractivity contribution in [3.8, 4) is 0 Å². The number of nitrogens with zero attached hydrogens (tertiary/aromatic N) is 1. The van der Waals surface area contributed by atoms with Gasteiger partial charge in [0.1, 0.15) is 0 Å². The van der Waals surface area contributed by atoms with Crippen LogP contribution in [0.5, 0.6) is 0 Å². The van der Waals surface area contributed by atoms with Crippen molar-refractivity contribution in [2.24, 2.45) is 11.8 Å². The minimum Gasteiger partial charge on any atom is -0.469 e. The van der Waals surface area contributed by atoms with Crippen LogP contribution in [0, 0.1) is 11.8 Å².